The second-order valence-corrected chi connectivity index (χ2v) is 5.82. The van der Waals surface area contributed by atoms with Crippen molar-refractivity contribution in [2.45, 2.75) is 51.6 Å². The first-order valence-electron chi connectivity index (χ1n) is 6.84. The van der Waals surface area contributed by atoms with Gasteiger partial charge in [-0.3, -0.25) is 4.79 Å². The fourth-order valence-electron chi connectivity index (χ4n) is 2.70. The number of rotatable bonds is 6. The normalized spacial score (nSPS) is 18.7. The van der Waals surface area contributed by atoms with Crippen LogP contribution in [0.3, 0.4) is 0 Å². The molecular formula is C14H21NO2S. The van der Waals surface area contributed by atoms with E-state index in [1.54, 1.807) is 17.5 Å². The number of carbonyl (C=O) groups excluding carboxylic acids is 1. The number of thiazole rings is 1. The first kappa shape index (κ1) is 13.7. The number of nitrogens with zero attached hydrogens (tertiary/aromatic N) is 1. The van der Waals surface area contributed by atoms with Crippen LogP contribution >= 0.6 is 11.3 Å². The summed E-state index contributed by atoms with van der Waals surface area (Å²) in [4.78, 5) is 16.5. The lowest BCUT2D eigenvalue weighted by atomic mass is 9.83. The summed E-state index contributed by atoms with van der Waals surface area (Å²) >= 11 is 1.55. The Labute approximate surface area is 113 Å². The van der Waals surface area contributed by atoms with Crippen molar-refractivity contribution in [2.75, 3.05) is 6.61 Å². The van der Waals surface area contributed by atoms with Crippen molar-refractivity contribution in [2.24, 2.45) is 5.92 Å². The zero-order valence-corrected chi connectivity index (χ0v) is 11.7. The maximum atomic E-state index is 12.3. The first-order valence-corrected chi connectivity index (χ1v) is 7.72. The van der Waals surface area contributed by atoms with Crippen LogP contribution in [0.1, 0.15) is 44.0 Å². The van der Waals surface area contributed by atoms with E-state index in [0.29, 0.717) is 18.9 Å². The predicted molar refractivity (Wildman–Crippen MR) is 72.8 cm³/mol. The minimum absolute atomic E-state index is 0.207. The molecule has 0 aromatic carbocycles. The summed E-state index contributed by atoms with van der Waals surface area (Å²) in [5.74, 6) is 0.630. The van der Waals surface area contributed by atoms with Gasteiger partial charge in [-0.05, 0) is 25.7 Å². The standard InChI is InChI=1S/C14H21NO2S/c1-2-17-14(11-6-4-3-5-7-11)12(16)10-13-15-8-9-18-13/h8-9,11,14H,2-7,10H2,1H3. The largest absolute Gasteiger partial charge is 0.370 e. The Morgan fingerprint density at radius 1 is 1.50 bits per heavy atom. The minimum Gasteiger partial charge on any atom is -0.370 e. The summed E-state index contributed by atoms with van der Waals surface area (Å²) < 4.78 is 5.72. The smallest absolute Gasteiger partial charge is 0.168 e. The van der Waals surface area contributed by atoms with E-state index < -0.39 is 0 Å². The van der Waals surface area contributed by atoms with Crippen LogP contribution in [-0.2, 0) is 16.0 Å². The van der Waals surface area contributed by atoms with E-state index in [-0.39, 0.29) is 11.9 Å². The number of carbonyl (C=O) groups is 1. The van der Waals surface area contributed by atoms with Crippen LogP contribution in [0.25, 0.3) is 0 Å². The monoisotopic (exact) mass is 267 g/mol. The van der Waals surface area contributed by atoms with Crippen LogP contribution in [-0.4, -0.2) is 23.5 Å². The fourth-order valence-corrected chi connectivity index (χ4v) is 3.32. The number of ketones is 1. The number of ether oxygens (including phenoxy) is 1. The van der Waals surface area contributed by atoms with Crippen LogP contribution in [0.5, 0.6) is 0 Å². The summed E-state index contributed by atoms with van der Waals surface area (Å²) in [7, 11) is 0. The summed E-state index contributed by atoms with van der Waals surface area (Å²) in [6.07, 6.45) is 8.01. The van der Waals surface area contributed by atoms with Gasteiger partial charge in [0.15, 0.2) is 5.78 Å². The Morgan fingerprint density at radius 2 is 2.28 bits per heavy atom. The number of hydrogen-bond acceptors (Lipinski definition) is 4. The highest BCUT2D eigenvalue weighted by atomic mass is 32.1. The summed E-state index contributed by atoms with van der Waals surface area (Å²) in [6.45, 7) is 2.58. The SMILES string of the molecule is CCOC(C(=O)Cc1nccs1)C1CCCCC1. The first-order chi connectivity index (χ1) is 8.81. The van der Waals surface area contributed by atoms with Gasteiger partial charge in [-0.15, -0.1) is 11.3 Å². The van der Waals surface area contributed by atoms with Crippen molar-refractivity contribution in [1.29, 1.82) is 0 Å². The highest BCUT2D eigenvalue weighted by Crippen LogP contribution is 2.29. The maximum Gasteiger partial charge on any atom is 0.168 e. The van der Waals surface area contributed by atoms with Gasteiger partial charge >= 0.3 is 0 Å². The highest BCUT2D eigenvalue weighted by molar-refractivity contribution is 7.09. The van der Waals surface area contributed by atoms with Crippen molar-refractivity contribution in [1.82, 2.24) is 4.98 Å². The quantitative estimate of drug-likeness (QED) is 0.794. The van der Waals surface area contributed by atoms with Gasteiger partial charge in [0, 0.05) is 18.2 Å². The minimum atomic E-state index is -0.209. The van der Waals surface area contributed by atoms with Crippen LogP contribution in [0.4, 0.5) is 0 Å². The lowest BCUT2D eigenvalue weighted by Gasteiger charge is -2.28. The van der Waals surface area contributed by atoms with Crippen LogP contribution < -0.4 is 0 Å². The third-order valence-electron chi connectivity index (χ3n) is 3.55. The van der Waals surface area contributed by atoms with Crippen molar-refractivity contribution in [3.05, 3.63) is 16.6 Å². The van der Waals surface area contributed by atoms with Crippen LogP contribution in [0.2, 0.25) is 0 Å². The molecule has 1 unspecified atom stereocenters. The van der Waals surface area contributed by atoms with Gasteiger partial charge in [-0.25, -0.2) is 4.98 Å². The lowest BCUT2D eigenvalue weighted by Crippen LogP contribution is -2.35. The summed E-state index contributed by atoms with van der Waals surface area (Å²) in [6, 6.07) is 0. The van der Waals surface area contributed by atoms with Gasteiger partial charge in [0.05, 0.1) is 11.4 Å². The average Bonchev–Trinajstić information content (AvgIpc) is 2.89. The van der Waals surface area contributed by atoms with E-state index >= 15 is 0 Å². The van der Waals surface area contributed by atoms with E-state index in [9.17, 15) is 4.79 Å². The molecule has 4 heteroatoms. The maximum absolute atomic E-state index is 12.3. The molecule has 0 aliphatic heterocycles. The average molecular weight is 267 g/mol. The molecule has 1 saturated carbocycles. The molecule has 0 spiro atoms. The topological polar surface area (TPSA) is 39.2 Å². The van der Waals surface area contributed by atoms with Crippen molar-refractivity contribution in [3.63, 3.8) is 0 Å². The number of hydrogen-bond donors (Lipinski definition) is 0. The zero-order chi connectivity index (χ0) is 12.8. The molecule has 1 aliphatic rings. The molecule has 1 heterocycles. The molecule has 0 N–H and O–H groups in total. The molecule has 0 amide bonds. The van der Waals surface area contributed by atoms with Gasteiger partial charge in [-0.1, -0.05) is 19.3 Å². The van der Waals surface area contributed by atoms with Gasteiger partial charge in [0.2, 0.25) is 0 Å². The Morgan fingerprint density at radius 3 is 2.89 bits per heavy atom. The molecule has 1 aromatic rings. The summed E-state index contributed by atoms with van der Waals surface area (Å²) in [5, 5.41) is 2.82. The molecule has 1 aromatic heterocycles. The predicted octanol–water partition coefficient (Wildman–Crippen LogP) is 3.24. The zero-order valence-electron chi connectivity index (χ0n) is 10.9. The Kier molecular flexibility index (Phi) is 5.32. The van der Waals surface area contributed by atoms with E-state index in [1.807, 2.05) is 12.3 Å². The highest BCUT2D eigenvalue weighted by Gasteiger charge is 2.30. The van der Waals surface area contributed by atoms with E-state index in [1.165, 1.54) is 19.3 Å². The van der Waals surface area contributed by atoms with Crippen LogP contribution in [0.15, 0.2) is 11.6 Å². The molecule has 18 heavy (non-hydrogen) atoms. The molecule has 2 rings (SSSR count). The molecule has 1 fully saturated rings. The lowest BCUT2D eigenvalue weighted by molar-refractivity contribution is -0.134. The van der Waals surface area contributed by atoms with Crippen molar-refractivity contribution in [3.8, 4) is 0 Å². The second kappa shape index (κ2) is 7.00. The van der Waals surface area contributed by atoms with Gasteiger partial charge in [-0.2, -0.15) is 0 Å². The molecule has 0 saturated heterocycles. The fraction of sp³-hybridized carbons (Fsp3) is 0.714. The van der Waals surface area contributed by atoms with E-state index in [2.05, 4.69) is 4.98 Å². The third kappa shape index (κ3) is 3.62. The van der Waals surface area contributed by atoms with Gasteiger partial charge in [0.25, 0.3) is 0 Å². The van der Waals surface area contributed by atoms with E-state index in [4.69, 9.17) is 4.74 Å². The molecule has 1 aliphatic carbocycles. The molecule has 0 bridgehead atoms. The Hall–Kier alpha value is -0.740. The second-order valence-electron chi connectivity index (χ2n) is 4.84. The molecular weight excluding hydrogens is 246 g/mol. The van der Waals surface area contributed by atoms with Crippen LogP contribution in [0, 0.1) is 5.92 Å². The molecule has 100 valence electrons. The third-order valence-corrected chi connectivity index (χ3v) is 4.33. The molecule has 1 atom stereocenters. The molecule has 0 radical (unpaired) electrons. The Balaban J connectivity index is 1.97. The van der Waals surface area contributed by atoms with Crippen molar-refractivity contribution >= 4 is 17.1 Å². The summed E-state index contributed by atoms with van der Waals surface area (Å²) in [5.41, 5.74) is 0. The number of Topliss-reactive ketones (excluding diaryl/α,β-unsaturated/α-hetero) is 1. The van der Waals surface area contributed by atoms with Gasteiger partial charge < -0.3 is 4.74 Å². The van der Waals surface area contributed by atoms with Gasteiger partial charge in [0.1, 0.15) is 6.10 Å². The van der Waals surface area contributed by atoms with Crippen molar-refractivity contribution < 1.29 is 9.53 Å². The number of aromatic nitrogens is 1. The molecule has 3 nitrogen and oxygen atoms in total. The Bertz CT molecular complexity index is 358. The van der Waals surface area contributed by atoms with E-state index in [0.717, 1.165) is 17.8 Å².